The lowest BCUT2D eigenvalue weighted by Gasteiger charge is -1.97. The van der Waals surface area contributed by atoms with Crippen molar-refractivity contribution in [1.29, 1.82) is 10.5 Å². The van der Waals surface area contributed by atoms with E-state index in [-0.39, 0.29) is 5.91 Å². The molecule has 0 saturated carbocycles. The van der Waals surface area contributed by atoms with Crippen LogP contribution in [0.25, 0.3) is 10.9 Å². The molecule has 0 fully saturated rings. The monoisotopic (exact) mass is 223 g/mol. The Labute approximate surface area is 98.3 Å². The van der Waals surface area contributed by atoms with Crippen LogP contribution in [0.15, 0.2) is 30.5 Å². The maximum absolute atomic E-state index is 11.5. The molecular formula is C13H9N3O. The Hall–Kier alpha value is -2.59. The Kier molecular flexibility index (Phi) is 2.64. The molecule has 0 atom stereocenters. The van der Waals surface area contributed by atoms with Crippen molar-refractivity contribution < 1.29 is 4.79 Å². The third-order valence-corrected chi connectivity index (χ3v) is 2.65. The summed E-state index contributed by atoms with van der Waals surface area (Å²) in [7, 11) is 0. The summed E-state index contributed by atoms with van der Waals surface area (Å²) in [5.74, 6) is -0.984. The molecule has 0 bridgehead atoms. The van der Waals surface area contributed by atoms with Gasteiger partial charge in [-0.05, 0) is 6.07 Å². The maximum atomic E-state index is 11.5. The van der Waals surface area contributed by atoms with Crippen LogP contribution in [0.5, 0.6) is 0 Å². The lowest BCUT2D eigenvalue weighted by atomic mass is 10.0. The van der Waals surface area contributed by atoms with Crippen LogP contribution >= 0.6 is 0 Å². The highest BCUT2D eigenvalue weighted by molar-refractivity contribution is 5.94. The van der Waals surface area contributed by atoms with E-state index in [4.69, 9.17) is 10.5 Å². The second-order valence-corrected chi connectivity index (χ2v) is 3.68. The molecule has 0 unspecified atom stereocenters. The van der Waals surface area contributed by atoms with E-state index in [0.717, 1.165) is 10.9 Å². The molecule has 17 heavy (non-hydrogen) atoms. The van der Waals surface area contributed by atoms with Gasteiger partial charge in [0.05, 0.1) is 17.7 Å². The molecule has 0 aliphatic carbocycles. The van der Waals surface area contributed by atoms with Crippen molar-refractivity contribution in [3.8, 4) is 12.1 Å². The molecule has 0 N–H and O–H groups in total. The Bertz CT molecular complexity index is 656. The number of aromatic nitrogens is 1. The van der Waals surface area contributed by atoms with Gasteiger partial charge in [-0.15, -0.1) is 0 Å². The summed E-state index contributed by atoms with van der Waals surface area (Å²) >= 11 is 0. The highest BCUT2D eigenvalue weighted by Crippen LogP contribution is 2.27. The van der Waals surface area contributed by atoms with E-state index in [1.165, 1.54) is 11.5 Å². The van der Waals surface area contributed by atoms with Crippen molar-refractivity contribution in [1.82, 2.24) is 4.57 Å². The third kappa shape index (κ3) is 1.66. The third-order valence-electron chi connectivity index (χ3n) is 2.65. The Morgan fingerprint density at radius 2 is 1.94 bits per heavy atom. The molecule has 2 aromatic rings. The lowest BCUT2D eigenvalue weighted by molar-refractivity contribution is 0.0941. The predicted molar refractivity (Wildman–Crippen MR) is 62.2 cm³/mol. The minimum atomic E-state index is -0.847. The maximum Gasteiger partial charge on any atom is 0.227 e. The molecule has 4 heteroatoms. The second kappa shape index (κ2) is 4.11. The van der Waals surface area contributed by atoms with Crippen LogP contribution in [0.3, 0.4) is 0 Å². The lowest BCUT2D eigenvalue weighted by Crippen LogP contribution is -2.03. The summed E-state index contributed by atoms with van der Waals surface area (Å²) in [5, 5.41) is 18.6. The largest absolute Gasteiger partial charge is 0.287 e. The van der Waals surface area contributed by atoms with Crippen LogP contribution in [0.4, 0.5) is 0 Å². The van der Waals surface area contributed by atoms with Crippen molar-refractivity contribution in [2.24, 2.45) is 0 Å². The minimum absolute atomic E-state index is 0.137. The second-order valence-electron chi connectivity index (χ2n) is 3.68. The van der Waals surface area contributed by atoms with E-state index in [1.807, 2.05) is 30.3 Å². The van der Waals surface area contributed by atoms with Gasteiger partial charge in [-0.2, -0.15) is 10.5 Å². The zero-order chi connectivity index (χ0) is 12.4. The molecule has 0 aliphatic rings. The quantitative estimate of drug-likeness (QED) is 0.745. The summed E-state index contributed by atoms with van der Waals surface area (Å²) in [4.78, 5) is 11.5. The number of carbonyl (C=O) groups is 1. The standard InChI is InChI=1S/C13H9N3O/c1-9(17)16-8-12(10(6-14)7-15)11-4-2-3-5-13(11)16/h2-5,8,10H,1H3. The van der Waals surface area contributed by atoms with Crippen LogP contribution in [0, 0.1) is 22.7 Å². The number of hydrogen-bond donors (Lipinski definition) is 0. The molecule has 0 spiro atoms. The van der Waals surface area contributed by atoms with Crippen LogP contribution < -0.4 is 0 Å². The zero-order valence-electron chi connectivity index (χ0n) is 9.21. The summed E-state index contributed by atoms with van der Waals surface area (Å²) in [6.07, 6.45) is 1.57. The van der Waals surface area contributed by atoms with Crippen molar-refractivity contribution in [2.45, 2.75) is 12.8 Å². The molecule has 0 radical (unpaired) electrons. The number of fused-ring (bicyclic) bond motifs is 1. The summed E-state index contributed by atoms with van der Waals surface area (Å²) in [5.41, 5.74) is 1.31. The van der Waals surface area contributed by atoms with Gasteiger partial charge in [-0.25, -0.2) is 0 Å². The van der Waals surface area contributed by atoms with E-state index in [0.29, 0.717) is 5.56 Å². The molecule has 0 saturated heterocycles. The molecule has 1 heterocycles. The van der Waals surface area contributed by atoms with Crippen LogP contribution in [0.1, 0.15) is 23.2 Å². The first-order valence-corrected chi connectivity index (χ1v) is 5.09. The average molecular weight is 223 g/mol. The van der Waals surface area contributed by atoms with Crippen molar-refractivity contribution in [2.75, 3.05) is 0 Å². The Balaban J connectivity index is 2.79. The first kappa shape index (κ1) is 10.9. The van der Waals surface area contributed by atoms with Gasteiger partial charge in [0, 0.05) is 24.1 Å². The Morgan fingerprint density at radius 3 is 2.53 bits per heavy atom. The smallest absolute Gasteiger partial charge is 0.227 e. The minimum Gasteiger partial charge on any atom is -0.287 e. The normalized spacial score (nSPS) is 10.1. The number of rotatable bonds is 1. The van der Waals surface area contributed by atoms with E-state index < -0.39 is 5.92 Å². The summed E-state index contributed by atoms with van der Waals surface area (Å²) in [6, 6.07) is 11.1. The van der Waals surface area contributed by atoms with Crippen LogP contribution in [-0.4, -0.2) is 10.5 Å². The molecule has 1 aromatic heterocycles. The van der Waals surface area contributed by atoms with Crippen molar-refractivity contribution in [3.05, 3.63) is 36.0 Å². The molecule has 2 rings (SSSR count). The van der Waals surface area contributed by atoms with Crippen LogP contribution in [-0.2, 0) is 0 Å². The fourth-order valence-electron chi connectivity index (χ4n) is 1.86. The highest BCUT2D eigenvalue weighted by atomic mass is 16.1. The van der Waals surface area contributed by atoms with Gasteiger partial charge < -0.3 is 0 Å². The van der Waals surface area contributed by atoms with Crippen molar-refractivity contribution >= 4 is 16.8 Å². The fraction of sp³-hybridized carbons (Fsp3) is 0.154. The van der Waals surface area contributed by atoms with Gasteiger partial charge in [0.2, 0.25) is 5.91 Å². The molecule has 82 valence electrons. The number of nitrogens with zero attached hydrogens (tertiary/aromatic N) is 3. The molecular weight excluding hydrogens is 214 g/mol. The SMILES string of the molecule is CC(=O)n1cc(C(C#N)C#N)c2ccccc21. The molecule has 0 amide bonds. The van der Waals surface area contributed by atoms with Gasteiger partial charge >= 0.3 is 0 Å². The zero-order valence-corrected chi connectivity index (χ0v) is 9.21. The van der Waals surface area contributed by atoms with Gasteiger partial charge in [0.15, 0.2) is 5.92 Å². The van der Waals surface area contributed by atoms with E-state index in [2.05, 4.69) is 0 Å². The topological polar surface area (TPSA) is 69.6 Å². The number of carbonyl (C=O) groups excluding carboxylic acids is 1. The molecule has 0 aliphatic heterocycles. The number of nitriles is 2. The Morgan fingerprint density at radius 1 is 1.29 bits per heavy atom. The summed E-state index contributed by atoms with van der Waals surface area (Å²) < 4.78 is 1.46. The average Bonchev–Trinajstić information content (AvgIpc) is 2.71. The van der Waals surface area contributed by atoms with Gasteiger partial charge in [0.25, 0.3) is 0 Å². The molecule has 4 nitrogen and oxygen atoms in total. The molecule has 1 aromatic carbocycles. The van der Waals surface area contributed by atoms with E-state index in [9.17, 15) is 4.79 Å². The van der Waals surface area contributed by atoms with E-state index in [1.54, 1.807) is 12.3 Å². The highest BCUT2D eigenvalue weighted by Gasteiger charge is 2.17. The van der Waals surface area contributed by atoms with Gasteiger partial charge in [-0.3, -0.25) is 9.36 Å². The van der Waals surface area contributed by atoms with Gasteiger partial charge in [-0.1, -0.05) is 18.2 Å². The number of benzene rings is 1. The van der Waals surface area contributed by atoms with E-state index >= 15 is 0 Å². The predicted octanol–water partition coefficient (Wildman–Crippen LogP) is 2.43. The number of hydrogen-bond acceptors (Lipinski definition) is 3. The first-order chi connectivity index (χ1) is 8.19. The first-order valence-electron chi connectivity index (χ1n) is 5.09. The summed E-state index contributed by atoms with van der Waals surface area (Å²) in [6.45, 7) is 1.45. The van der Waals surface area contributed by atoms with Crippen molar-refractivity contribution in [3.63, 3.8) is 0 Å². The number of para-hydroxylation sites is 1. The van der Waals surface area contributed by atoms with Gasteiger partial charge in [0.1, 0.15) is 0 Å². The fourth-order valence-corrected chi connectivity index (χ4v) is 1.86. The van der Waals surface area contributed by atoms with Crippen LogP contribution in [0.2, 0.25) is 0 Å².